The van der Waals surface area contributed by atoms with E-state index in [-0.39, 0.29) is 5.97 Å². The zero-order valence-corrected chi connectivity index (χ0v) is 13.4. The van der Waals surface area contributed by atoms with Crippen molar-refractivity contribution < 1.29 is 14.6 Å². The summed E-state index contributed by atoms with van der Waals surface area (Å²) in [5.41, 5.74) is 1.71. The van der Waals surface area contributed by atoms with Crippen LogP contribution in [0.4, 0.5) is 0 Å². The normalized spacial score (nSPS) is 12.7. The van der Waals surface area contributed by atoms with Gasteiger partial charge in [-0.1, -0.05) is 6.07 Å². The molecule has 2 rings (SSSR count). The van der Waals surface area contributed by atoms with Crippen molar-refractivity contribution in [3.05, 3.63) is 32.6 Å². The minimum Gasteiger partial charge on any atom is -0.462 e. The Morgan fingerprint density at radius 2 is 2.21 bits per heavy atom. The van der Waals surface area contributed by atoms with Gasteiger partial charge in [-0.15, -0.1) is 11.3 Å². The van der Waals surface area contributed by atoms with Crippen molar-refractivity contribution in [2.75, 3.05) is 6.61 Å². The summed E-state index contributed by atoms with van der Waals surface area (Å²) in [6.07, 6.45) is -0.570. The quantitative estimate of drug-likeness (QED) is 0.850. The summed E-state index contributed by atoms with van der Waals surface area (Å²) >= 11 is 4.89. The Morgan fingerprint density at radius 1 is 1.53 bits per heavy atom. The Morgan fingerprint density at radius 3 is 2.79 bits per heavy atom. The molecule has 1 N–H and O–H groups in total. The first-order valence-electron chi connectivity index (χ1n) is 6.04. The lowest BCUT2D eigenvalue weighted by molar-refractivity contribution is 0.0531. The van der Waals surface area contributed by atoms with Crippen molar-refractivity contribution in [1.29, 1.82) is 0 Å². The Hall–Kier alpha value is -0.910. The van der Waals surface area contributed by atoms with Crippen LogP contribution in [0, 0.1) is 6.92 Å². The maximum Gasteiger partial charge on any atom is 0.348 e. The molecule has 102 valence electrons. The largest absolute Gasteiger partial charge is 0.462 e. The van der Waals surface area contributed by atoms with E-state index in [4.69, 9.17) is 4.74 Å². The molecule has 1 aromatic carbocycles. The van der Waals surface area contributed by atoms with Crippen molar-refractivity contribution in [2.45, 2.75) is 26.9 Å². The number of aryl methyl sites for hydroxylation is 1. The van der Waals surface area contributed by atoms with Gasteiger partial charge >= 0.3 is 5.97 Å². The topological polar surface area (TPSA) is 46.5 Å². The first-order valence-corrected chi connectivity index (χ1v) is 7.65. The molecule has 0 aliphatic rings. The average Bonchev–Trinajstić information content (AvgIpc) is 2.69. The molecule has 0 amide bonds. The highest BCUT2D eigenvalue weighted by molar-refractivity contribution is 9.10. The molecule has 2 aromatic rings. The number of thiophene rings is 1. The highest BCUT2D eigenvalue weighted by Crippen LogP contribution is 2.40. The smallest absolute Gasteiger partial charge is 0.348 e. The van der Waals surface area contributed by atoms with Gasteiger partial charge < -0.3 is 9.84 Å². The van der Waals surface area contributed by atoms with Crippen LogP contribution in [-0.2, 0) is 4.74 Å². The fourth-order valence-corrected chi connectivity index (χ4v) is 3.80. The number of hydrogen-bond acceptors (Lipinski definition) is 4. The first-order chi connectivity index (χ1) is 8.97. The van der Waals surface area contributed by atoms with Crippen LogP contribution in [-0.4, -0.2) is 17.7 Å². The molecule has 0 bridgehead atoms. The number of halogens is 1. The standard InChI is InChI=1S/C14H15BrO3S/c1-4-18-14(17)12-7(2)11-9(8(3)16)5-6-10(15)13(11)19-12/h5-6,8,16H,4H2,1-3H3. The molecule has 1 atom stereocenters. The molecule has 1 aromatic heterocycles. The molecule has 1 unspecified atom stereocenters. The van der Waals surface area contributed by atoms with Gasteiger partial charge in [0.2, 0.25) is 0 Å². The van der Waals surface area contributed by atoms with Gasteiger partial charge in [-0.25, -0.2) is 4.79 Å². The fourth-order valence-electron chi connectivity index (χ4n) is 2.09. The Kier molecular flexibility index (Phi) is 4.28. The van der Waals surface area contributed by atoms with Crippen molar-refractivity contribution in [1.82, 2.24) is 0 Å². The van der Waals surface area contributed by atoms with E-state index in [0.717, 1.165) is 25.7 Å². The summed E-state index contributed by atoms with van der Waals surface area (Å²) in [6.45, 7) is 5.77. The van der Waals surface area contributed by atoms with Crippen molar-refractivity contribution in [2.24, 2.45) is 0 Å². The predicted octanol–water partition coefficient (Wildman–Crippen LogP) is 4.20. The molecule has 5 heteroatoms. The average molecular weight is 343 g/mol. The number of benzene rings is 1. The van der Waals surface area contributed by atoms with E-state index in [1.165, 1.54) is 11.3 Å². The summed E-state index contributed by atoms with van der Waals surface area (Å²) in [4.78, 5) is 12.5. The third-order valence-electron chi connectivity index (χ3n) is 2.97. The predicted molar refractivity (Wildman–Crippen MR) is 80.9 cm³/mol. The highest BCUT2D eigenvalue weighted by Gasteiger charge is 2.21. The van der Waals surface area contributed by atoms with E-state index < -0.39 is 6.10 Å². The number of carbonyl (C=O) groups is 1. The number of aliphatic hydroxyl groups excluding tert-OH is 1. The molecule has 0 radical (unpaired) electrons. The van der Waals surface area contributed by atoms with Crippen LogP contribution in [0.1, 0.15) is 40.8 Å². The summed E-state index contributed by atoms with van der Waals surface area (Å²) in [5.74, 6) is -0.301. The molecule has 0 saturated carbocycles. The SMILES string of the molecule is CCOC(=O)c1sc2c(Br)ccc(C(C)O)c2c1C. The molecule has 0 saturated heterocycles. The van der Waals surface area contributed by atoms with Crippen LogP contribution < -0.4 is 0 Å². The molecule has 19 heavy (non-hydrogen) atoms. The number of fused-ring (bicyclic) bond motifs is 1. The van der Waals surface area contributed by atoms with Crippen LogP contribution in [0.2, 0.25) is 0 Å². The van der Waals surface area contributed by atoms with E-state index in [0.29, 0.717) is 11.5 Å². The van der Waals surface area contributed by atoms with Gasteiger partial charge in [-0.3, -0.25) is 0 Å². The van der Waals surface area contributed by atoms with Crippen LogP contribution in [0.3, 0.4) is 0 Å². The number of ether oxygens (including phenoxy) is 1. The molecular weight excluding hydrogens is 328 g/mol. The summed E-state index contributed by atoms with van der Waals surface area (Å²) < 4.78 is 6.97. The summed E-state index contributed by atoms with van der Waals surface area (Å²) in [5, 5.41) is 10.8. The van der Waals surface area contributed by atoms with Crippen LogP contribution in [0.15, 0.2) is 16.6 Å². The lowest BCUT2D eigenvalue weighted by Gasteiger charge is -2.08. The highest BCUT2D eigenvalue weighted by atomic mass is 79.9. The van der Waals surface area contributed by atoms with Crippen LogP contribution >= 0.6 is 27.3 Å². The maximum absolute atomic E-state index is 11.9. The molecule has 1 heterocycles. The lowest BCUT2D eigenvalue weighted by atomic mass is 10.0. The third kappa shape index (κ3) is 2.55. The molecule has 0 aliphatic carbocycles. The molecule has 3 nitrogen and oxygen atoms in total. The molecule has 0 fully saturated rings. The molecular formula is C14H15BrO3S. The zero-order valence-electron chi connectivity index (χ0n) is 11.0. The molecule has 0 aliphatic heterocycles. The fraction of sp³-hybridized carbons (Fsp3) is 0.357. The number of rotatable bonds is 3. The molecule has 0 spiro atoms. The second kappa shape index (κ2) is 5.61. The zero-order chi connectivity index (χ0) is 14.2. The lowest BCUT2D eigenvalue weighted by Crippen LogP contribution is -2.03. The van der Waals surface area contributed by atoms with Gasteiger partial charge in [0.05, 0.1) is 17.4 Å². The van der Waals surface area contributed by atoms with Crippen LogP contribution in [0.25, 0.3) is 10.1 Å². The monoisotopic (exact) mass is 342 g/mol. The van der Waals surface area contributed by atoms with E-state index in [9.17, 15) is 9.90 Å². The second-order valence-corrected chi connectivity index (χ2v) is 6.17. The Balaban J connectivity index is 2.72. The van der Waals surface area contributed by atoms with E-state index in [2.05, 4.69) is 15.9 Å². The van der Waals surface area contributed by atoms with Gasteiger partial charge in [-0.05, 0) is 53.9 Å². The number of hydrogen-bond donors (Lipinski definition) is 1. The van der Waals surface area contributed by atoms with Gasteiger partial charge in [0.1, 0.15) is 4.88 Å². The second-order valence-electron chi connectivity index (χ2n) is 4.29. The van der Waals surface area contributed by atoms with E-state index in [1.807, 2.05) is 19.1 Å². The van der Waals surface area contributed by atoms with Gasteiger partial charge in [0.25, 0.3) is 0 Å². The first kappa shape index (κ1) is 14.5. The van der Waals surface area contributed by atoms with Gasteiger partial charge in [0, 0.05) is 9.86 Å². The van der Waals surface area contributed by atoms with Gasteiger partial charge in [0.15, 0.2) is 0 Å². The van der Waals surface area contributed by atoms with E-state index >= 15 is 0 Å². The van der Waals surface area contributed by atoms with Crippen molar-refractivity contribution >= 4 is 43.3 Å². The van der Waals surface area contributed by atoms with Crippen molar-refractivity contribution in [3.63, 3.8) is 0 Å². The van der Waals surface area contributed by atoms with Gasteiger partial charge in [-0.2, -0.15) is 0 Å². The minimum atomic E-state index is -0.570. The number of carbonyl (C=O) groups excluding carboxylic acids is 1. The Labute approximate surface area is 124 Å². The summed E-state index contributed by atoms with van der Waals surface area (Å²) in [7, 11) is 0. The summed E-state index contributed by atoms with van der Waals surface area (Å²) in [6, 6.07) is 3.78. The van der Waals surface area contributed by atoms with E-state index in [1.54, 1.807) is 13.8 Å². The van der Waals surface area contributed by atoms with Crippen molar-refractivity contribution in [3.8, 4) is 0 Å². The number of aliphatic hydroxyl groups is 1. The third-order valence-corrected chi connectivity index (χ3v) is 5.20. The minimum absolute atomic E-state index is 0.301. The van der Waals surface area contributed by atoms with Crippen LogP contribution in [0.5, 0.6) is 0 Å². The maximum atomic E-state index is 11.9. The number of esters is 1. The Bertz CT molecular complexity index is 631.